The Kier molecular flexibility index (Phi) is 6.91. The monoisotopic (exact) mass is 508 g/mol. The van der Waals surface area contributed by atoms with Crippen LogP contribution >= 0.6 is 34.9 Å². The van der Waals surface area contributed by atoms with Gasteiger partial charge in [-0.25, -0.2) is 0 Å². The van der Waals surface area contributed by atoms with Crippen LogP contribution in [0.5, 0.6) is 0 Å². The molecule has 2 aliphatic heterocycles. The van der Waals surface area contributed by atoms with Crippen molar-refractivity contribution in [3.05, 3.63) is 40.9 Å². The highest BCUT2D eigenvalue weighted by Crippen LogP contribution is 2.44. The first-order chi connectivity index (χ1) is 15.8. The van der Waals surface area contributed by atoms with Crippen molar-refractivity contribution in [1.29, 1.82) is 0 Å². The van der Waals surface area contributed by atoms with Crippen molar-refractivity contribution in [1.82, 2.24) is 20.4 Å². The van der Waals surface area contributed by atoms with Gasteiger partial charge in [0.1, 0.15) is 21.8 Å². The van der Waals surface area contributed by atoms with Gasteiger partial charge in [0, 0.05) is 23.6 Å². The van der Waals surface area contributed by atoms with Crippen LogP contribution in [0.1, 0.15) is 16.7 Å². The number of nitrogens with zero attached hydrogens (tertiary/aromatic N) is 3. The highest BCUT2D eigenvalue weighted by atomic mass is 32.2. The van der Waals surface area contributed by atoms with Crippen LogP contribution in [0.25, 0.3) is 0 Å². The van der Waals surface area contributed by atoms with E-state index in [4.69, 9.17) is 4.74 Å². The fourth-order valence-electron chi connectivity index (χ4n) is 3.65. The summed E-state index contributed by atoms with van der Waals surface area (Å²) in [5.41, 5.74) is -0.653. The molecule has 0 aliphatic carbocycles. The van der Waals surface area contributed by atoms with Crippen LogP contribution in [0, 0.1) is 12.3 Å². The predicted octanol–water partition coefficient (Wildman–Crippen LogP) is 1.32. The number of hydrogen-bond acceptors (Lipinski definition) is 10. The van der Waals surface area contributed by atoms with Gasteiger partial charge in [-0.15, -0.1) is 22.0 Å². The first kappa shape index (κ1) is 23.5. The van der Waals surface area contributed by atoms with Gasteiger partial charge in [0.15, 0.2) is 4.34 Å². The molecular formula is C20H20N4O6S3. The van der Waals surface area contributed by atoms with Crippen LogP contribution in [-0.2, 0) is 23.9 Å². The molecule has 10 nitrogen and oxygen atoms in total. The molecule has 174 valence electrons. The second-order valence-corrected chi connectivity index (χ2v) is 11.1. The highest BCUT2D eigenvalue weighted by molar-refractivity contribution is 8.01. The minimum atomic E-state index is -1.18. The molecule has 3 unspecified atom stereocenters. The molecule has 2 saturated heterocycles. The van der Waals surface area contributed by atoms with Crippen LogP contribution < -0.4 is 5.32 Å². The average Bonchev–Trinajstić information content (AvgIpc) is 3.24. The lowest BCUT2D eigenvalue weighted by Crippen LogP contribution is -2.74. The van der Waals surface area contributed by atoms with E-state index in [1.165, 1.54) is 39.8 Å². The summed E-state index contributed by atoms with van der Waals surface area (Å²) in [6.45, 7) is 2.06. The van der Waals surface area contributed by atoms with Crippen molar-refractivity contribution >= 4 is 59.1 Å². The van der Waals surface area contributed by atoms with Crippen LogP contribution in [-0.4, -0.2) is 73.9 Å². The topological polar surface area (TPSA) is 139 Å². The average molecular weight is 509 g/mol. The van der Waals surface area contributed by atoms with Crippen molar-refractivity contribution in [2.75, 3.05) is 18.1 Å². The van der Waals surface area contributed by atoms with Gasteiger partial charge in [-0.3, -0.25) is 19.2 Å². The summed E-state index contributed by atoms with van der Waals surface area (Å²) in [7, 11) is 0. The zero-order valence-corrected chi connectivity index (χ0v) is 19.8. The van der Waals surface area contributed by atoms with Gasteiger partial charge in [-0.05, 0) is 6.92 Å². The number of rotatable bonds is 9. The molecule has 1 aromatic carbocycles. The Bertz CT molecular complexity index is 1070. The van der Waals surface area contributed by atoms with Gasteiger partial charge in [0.2, 0.25) is 12.0 Å². The number of carboxylic acids is 1. The lowest BCUT2D eigenvalue weighted by Gasteiger charge is -2.53. The van der Waals surface area contributed by atoms with Gasteiger partial charge in [-0.2, -0.15) is 0 Å². The highest BCUT2D eigenvalue weighted by Gasteiger charge is 2.57. The SMILES string of the molecule is Cc1nnc(SCC2(C(=O)O)CS[C@@H]3C(NC(=O)C(OC=O)c4ccccc4)C(=O)N3C2)s1. The number of β-lactam (4-membered cyclic amide) rings is 1. The lowest BCUT2D eigenvalue weighted by atomic mass is 9.89. The molecule has 0 bridgehead atoms. The van der Waals surface area contributed by atoms with E-state index in [0.717, 1.165) is 5.01 Å². The molecule has 1 aromatic heterocycles. The van der Waals surface area contributed by atoms with Gasteiger partial charge in [0.05, 0.1) is 0 Å². The second kappa shape index (κ2) is 9.69. The molecule has 4 atom stereocenters. The number of benzene rings is 1. The number of hydrogen-bond donors (Lipinski definition) is 2. The summed E-state index contributed by atoms with van der Waals surface area (Å²) in [5, 5.41) is 21.0. The standard InChI is InChI=1S/C20H20N4O6S3/c1-11-22-23-19(33-11)32-9-20(18(28)29)7-24-16(27)13(17(24)31-8-20)21-15(26)14(30-10-25)12-5-3-2-4-6-12/h2-6,10,13-14,17H,7-9H2,1H3,(H,21,26)(H,28,29)/t13?,14?,17-,20?/m1/s1. The normalized spacial score (nSPS) is 24.9. The number of amides is 2. The Hall–Kier alpha value is -2.64. The fraction of sp³-hybridized carbons (Fsp3) is 0.400. The fourth-order valence-corrected chi connectivity index (χ4v) is 7.32. The largest absolute Gasteiger partial charge is 0.481 e. The maximum Gasteiger partial charge on any atom is 0.313 e. The Morgan fingerprint density at radius 1 is 1.39 bits per heavy atom. The number of aliphatic carboxylic acids is 1. The van der Waals surface area contributed by atoms with Crippen LogP contribution in [0.3, 0.4) is 0 Å². The zero-order chi connectivity index (χ0) is 23.6. The van der Waals surface area contributed by atoms with Gasteiger partial charge in [-0.1, -0.05) is 53.4 Å². The third-order valence-corrected chi connectivity index (χ3v) is 9.26. The van der Waals surface area contributed by atoms with Crippen LogP contribution in [0.4, 0.5) is 0 Å². The minimum absolute atomic E-state index is 0.0446. The van der Waals surface area contributed by atoms with E-state index in [1.807, 2.05) is 6.92 Å². The molecule has 3 heterocycles. The molecular weight excluding hydrogens is 488 g/mol. The molecule has 13 heteroatoms. The van der Waals surface area contributed by atoms with Gasteiger partial charge >= 0.3 is 5.97 Å². The van der Waals surface area contributed by atoms with Gasteiger partial charge in [0.25, 0.3) is 12.4 Å². The second-order valence-electron chi connectivity index (χ2n) is 7.64. The molecule has 2 aromatic rings. The number of carbonyl (C=O) groups excluding carboxylic acids is 3. The van der Waals surface area contributed by atoms with E-state index in [9.17, 15) is 24.3 Å². The molecule has 2 N–H and O–H groups in total. The molecule has 2 fully saturated rings. The Labute approximate surface area is 201 Å². The van der Waals surface area contributed by atoms with Crippen molar-refractivity contribution < 1.29 is 29.0 Å². The van der Waals surface area contributed by atoms with E-state index in [1.54, 1.807) is 30.3 Å². The van der Waals surface area contributed by atoms with E-state index in [0.29, 0.717) is 9.90 Å². The van der Waals surface area contributed by atoms with Crippen molar-refractivity contribution in [3.63, 3.8) is 0 Å². The summed E-state index contributed by atoms with van der Waals surface area (Å²) < 4.78 is 5.64. The number of aryl methyl sites for hydroxylation is 1. The first-order valence-electron chi connectivity index (χ1n) is 9.87. The Morgan fingerprint density at radius 3 is 2.79 bits per heavy atom. The number of carbonyl (C=O) groups is 4. The Balaban J connectivity index is 1.41. The Morgan fingerprint density at radius 2 is 2.15 bits per heavy atom. The third-order valence-electron chi connectivity index (χ3n) is 5.41. The zero-order valence-electron chi connectivity index (χ0n) is 17.4. The smallest absolute Gasteiger partial charge is 0.313 e. The van der Waals surface area contributed by atoms with Crippen LogP contribution in [0.15, 0.2) is 34.7 Å². The summed E-state index contributed by atoms with van der Waals surface area (Å²) in [5.74, 6) is -1.42. The number of aromatic nitrogens is 2. The number of fused-ring (bicyclic) bond motifs is 1. The van der Waals surface area contributed by atoms with Crippen molar-refractivity contribution in [2.45, 2.75) is 28.8 Å². The van der Waals surface area contributed by atoms with Gasteiger partial charge < -0.3 is 20.1 Å². The minimum Gasteiger partial charge on any atom is -0.481 e. The molecule has 33 heavy (non-hydrogen) atoms. The number of thioether (sulfide) groups is 2. The van der Waals surface area contributed by atoms with Crippen molar-refractivity contribution in [3.8, 4) is 0 Å². The predicted molar refractivity (Wildman–Crippen MR) is 122 cm³/mol. The summed E-state index contributed by atoms with van der Waals surface area (Å²) >= 11 is 4.02. The first-order valence-corrected chi connectivity index (χ1v) is 12.7. The summed E-state index contributed by atoms with van der Waals surface area (Å²) in [6.07, 6.45) is -1.18. The number of nitrogens with one attached hydrogen (secondary N) is 1. The third kappa shape index (κ3) is 4.70. The quantitative estimate of drug-likeness (QED) is 0.290. The summed E-state index contributed by atoms with van der Waals surface area (Å²) in [4.78, 5) is 50.1. The maximum atomic E-state index is 12.8. The lowest BCUT2D eigenvalue weighted by molar-refractivity contribution is -0.159. The van der Waals surface area contributed by atoms with Crippen LogP contribution in [0.2, 0.25) is 0 Å². The molecule has 0 saturated carbocycles. The van der Waals surface area contributed by atoms with E-state index < -0.39 is 29.4 Å². The summed E-state index contributed by atoms with van der Waals surface area (Å²) in [6, 6.07) is 7.68. The number of ether oxygens (including phenoxy) is 1. The molecule has 2 amide bonds. The molecule has 0 spiro atoms. The maximum absolute atomic E-state index is 12.8. The molecule has 4 rings (SSSR count). The number of carboxylic acid groups (broad SMARTS) is 1. The molecule has 0 radical (unpaired) electrons. The van der Waals surface area contributed by atoms with E-state index in [2.05, 4.69) is 15.5 Å². The van der Waals surface area contributed by atoms with E-state index in [-0.39, 0.29) is 35.8 Å². The van der Waals surface area contributed by atoms with E-state index >= 15 is 0 Å². The molecule has 2 aliphatic rings. The van der Waals surface area contributed by atoms with Crippen molar-refractivity contribution in [2.24, 2.45) is 5.41 Å².